The first-order chi connectivity index (χ1) is 12.1. The van der Waals surface area contributed by atoms with Gasteiger partial charge >= 0.3 is 0 Å². The minimum atomic E-state index is -0.292. The van der Waals surface area contributed by atoms with Gasteiger partial charge in [0.2, 0.25) is 0 Å². The van der Waals surface area contributed by atoms with Crippen LogP contribution < -0.4 is 10.1 Å². The standard InChI is InChI=1S/C20H21N3O2/c1-4-25-18-7-5-6-14(19(18)24)20-21-16-9-8-12(2)10-15(16)17-11-13(3)22-23(17)20/h5-11,20-21,24H,4H2,1-3H3/t20-/m0/s1. The van der Waals surface area contributed by atoms with Gasteiger partial charge in [0.25, 0.3) is 0 Å². The minimum Gasteiger partial charge on any atom is -0.504 e. The van der Waals surface area contributed by atoms with Crippen LogP contribution in [0.15, 0.2) is 42.5 Å². The maximum absolute atomic E-state index is 10.7. The number of fused-ring (bicyclic) bond motifs is 3. The number of nitrogens with zero attached hydrogens (tertiary/aromatic N) is 2. The summed E-state index contributed by atoms with van der Waals surface area (Å²) in [4.78, 5) is 0. The van der Waals surface area contributed by atoms with Gasteiger partial charge in [0.15, 0.2) is 17.7 Å². The van der Waals surface area contributed by atoms with Crippen molar-refractivity contribution in [1.82, 2.24) is 9.78 Å². The van der Waals surface area contributed by atoms with Crippen LogP contribution in [0.1, 0.15) is 29.9 Å². The molecule has 1 aliphatic heterocycles. The first-order valence-corrected chi connectivity index (χ1v) is 8.47. The first-order valence-electron chi connectivity index (χ1n) is 8.47. The molecule has 4 rings (SSSR count). The van der Waals surface area contributed by atoms with E-state index in [9.17, 15) is 5.11 Å². The van der Waals surface area contributed by atoms with E-state index in [2.05, 4.69) is 41.6 Å². The number of benzene rings is 2. The van der Waals surface area contributed by atoms with Crippen LogP contribution in [0, 0.1) is 13.8 Å². The zero-order valence-electron chi connectivity index (χ0n) is 14.6. The van der Waals surface area contributed by atoms with Gasteiger partial charge in [-0.05, 0) is 45.0 Å². The van der Waals surface area contributed by atoms with E-state index in [1.54, 1.807) is 6.07 Å². The Morgan fingerprint density at radius 3 is 2.84 bits per heavy atom. The highest BCUT2D eigenvalue weighted by molar-refractivity contribution is 5.79. The molecule has 0 saturated heterocycles. The van der Waals surface area contributed by atoms with Gasteiger partial charge in [-0.15, -0.1) is 0 Å². The lowest BCUT2D eigenvalue weighted by atomic mass is 10.0. The second-order valence-electron chi connectivity index (χ2n) is 6.34. The summed E-state index contributed by atoms with van der Waals surface area (Å²) in [6.45, 7) is 6.47. The summed E-state index contributed by atoms with van der Waals surface area (Å²) in [5.74, 6) is 0.637. The average molecular weight is 335 g/mol. The fraction of sp³-hybridized carbons (Fsp3) is 0.250. The van der Waals surface area contributed by atoms with Crippen LogP contribution >= 0.6 is 0 Å². The Bertz CT molecular complexity index is 946. The molecule has 25 heavy (non-hydrogen) atoms. The third-order valence-corrected chi connectivity index (χ3v) is 4.47. The number of ether oxygens (including phenoxy) is 1. The van der Waals surface area contributed by atoms with E-state index in [0.717, 1.165) is 28.2 Å². The number of aromatic nitrogens is 2. The molecule has 5 nitrogen and oxygen atoms in total. The Labute approximate surface area is 146 Å². The summed E-state index contributed by atoms with van der Waals surface area (Å²) < 4.78 is 7.47. The van der Waals surface area contributed by atoms with Crippen molar-refractivity contribution in [2.24, 2.45) is 0 Å². The van der Waals surface area contributed by atoms with Gasteiger partial charge in [0.05, 0.1) is 18.0 Å². The lowest BCUT2D eigenvalue weighted by molar-refractivity contribution is 0.315. The van der Waals surface area contributed by atoms with Crippen LogP contribution in [0.25, 0.3) is 11.3 Å². The summed E-state index contributed by atoms with van der Waals surface area (Å²) in [6, 6.07) is 14.0. The lowest BCUT2D eigenvalue weighted by Crippen LogP contribution is -2.25. The molecule has 0 saturated carbocycles. The zero-order valence-corrected chi connectivity index (χ0v) is 14.6. The molecule has 0 fully saturated rings. The molecule has 5 heteroatoms. The van der Waals surface area contributed by atoms with Gasteiger partial charge in [-0.25, -0.2) is 4.68 Å². The second kappa shape index (κ2) is 5.84. The maximum Gasteiger partial charge on any atom is 0.165 e. The highest BCUT2D eigenvalue weighted by Gasteiger charge is 2.29. The van der Waals surface area contributed by atoms with Crippen LogP contribution in [0.4, 0.5) is 5.69 Å². The molecule has 1 aliphatic rings. The molecule has 1 aromatic heterocycles. The van der Waals surface area contributed by atoms with Gasteiger partial charge < -0.3 is 15.2 Å². The Kier molecular flexibility index (Phi) is 3.64. The first kappa shape index (κ1) is 15.6. The molecular weight excluding hydrogens is 314 g/mol. The quantitative estimate of drug-likeness (QED) is 0.751. The molecule has 128 valence electrons. The van der Waals surface area contributed by atoms with Crippen molar-refractivity contribution in [1.29, 1.82) is 0 Å². The van der Waals surface area contributed by atoms with Crippen LogP contribution in [0.2, 0.25) is 0 Å². The van der Waals surface area contributed by atoms with Crippen molar-refractivity contribution in [3.63, 3.8) is 0 Å². The van der Waals surface area contributed by atoms with Gasteiger partial charge in [0.1, 0.15) is 0 Å². The van der Waals surface area contributed by atoms with Gasteiger partial charge in [-0.2, -0.15) is 5.10 Å². The Hall–Kier alpha value is -2.95. The monoisotopic (exact) mass is 335 g/mol. The summed E-state index contributed by atoms with van der Waals surface area (Å²) in [5, 5.41) is 18.9. The number of rotatable bonds is 3. The van der Waals surface area contributed by atoms with E-state index in [-0.39, 0.29) is 11.9 Å². The SMILES string of the molecule is CCOc1cccc([C@H]2Nc3ccc(C)cc3-c3cc(C)nn32)c1O. The fourth-order valence-electron chi connectivity index (χ4n) is 3.36. The second-order valence-corrected chi connectivity index (χ2v) is 6.34. The molecule has 0 bridgehead atoms. The summed E-state index contributed by atoms with van der Waals surface area (Å²) >= 11 is 0. The normalized spacial score (nSPS) is 15.2. The molecule has 2 aromatic carbocycles. The number of para-hydroxylation sites is 1. The number of hydrogen-bond donors (Lipinski definition) is 2. The zero-order chi connectivity index (χ0) is 17.6. The summed E-state index contributed by atoms with van der Waals surface area (Å²) in [7, 11) is 0. The number of aromatic hydroxyl groups is 1. The minimum absolute atomic E-state index is 0.150. The number of anilines is 1. The van der Waals surface area contributed by atoms with E-state index < -0.39 is 0 Å². The Morgan fingerprint density at radius 2 is 2.04 bits per heavy atom. The molecular formula is C20H21N3O2. The fourth-order valence-corrected chi connectivity index (χ4v) is 3.36. The third kappa shape index (κ3) is 2.52. The van der Waals surface area contributed by atoms with E-state index in [1.165, 1.54) is 5.56 Å². The van der Waals surface area contributed by atoms with E-state index in [1.807, 2.05) is 30.7 Å². The smallest absolute Gasteiger partial charge is 0.165 e. The van der Waals surface area contributed by atoms with E-state index >= 15 is 0 Å². The number of aryl methyl sites for hydroxylation is 2. The third-order valence-electron chi connectivity index (χ3n) is 4.47. The van der Waals surface area contributed by atoms with Crippen LogP contribution in [0.5, 0.6) is 11.5 Å². The van der Waals surface area contributed by atoms with Crippen molar-refractivity contribution >= 4 is 5.69 Å². The van der Waals surface area contributed by atoms with Crippen molar-refractivity contribution in [3.05, 3.63) is 59.3 Å². The van der Waals surface area contributed by atoms with Crippen molar-refractivity contribution in [2.75, 3.05) is 11.9 Å². The number of phenols is 1. The molecule has 0 aliphatic carbocycles. The van der Waals surface area contributed by atoms with Gasteiger partial charge in [-0.1, -0.05) is 23.8 Å². The summed E-state index contributed by atoms with van der Waals surface area (Å²) in [6.07, 6.45) is -0.292. The Morgan fingerprint density at radius 1 is 1.20 bits per heavy atom. The predicted molar refractivity (Wildman–Crippen MR) is 98.2 cm³/mol. The molecule has 2 N–H and O–H groups in total. The van der Waals surface area contributed by atoms with Gasteiger partial charge in [-0.3, -0.25) is 0 Å². The van der Waals surface area contributed by atoms with Crippen molar-refractivity contribution in [2.45, 2.75) is 26.9 Å². The topological polar surface area (TPSA) is 59.3 Å². The number of nitrogens with one attached hydrogen (secondary N) is 1. The highest BCUT2D eigenvalue weighted by atomic mass is 16.5. The van der Waals surface area contributed by atoms with Crippen LogP contribution in [-0.2, 0) is 0 Å². The average Bonchev–Trinajstić information content (AvgIpc) is 2.98. The molecule has 0 unspecified atom stereocenters. The molecule has 2 heterocycles. The molecule has 0 radical (unpaired) electrons. The Balaban J connectivity index is 1.88. The van der Waals surface area contributed by atoms with Crippen LogP contribution in [0.3, 0.4) is 0 Å². The molecule has 3 aromatic rings. The molecule has 0 spiro atoms. The number of phenolic OH excluding ortho intramolecular Hbond substituents is 1. The molecule has 0 amide bonds. The maximum atomic E-state index is 10.7. The highest BCUT2D eigenvalue weighted by Crippen LogP contribution is 2.42. The largest absolute Gasteiger partial charge is 0.504 e. The van der Waals surface area contributed by atoms with Crippen molar-refractivity contribution < 1.29 is 9.84 Å². The van der Waals surface area contributed by atoms with Crippen LogP contribution in [-0.4, -0.2) is 21.5 Å². The summed E-state index contributed by atoms with van der Waals surface area (Å²) in [5.41, 5.74) is 6.08. The van der Waals surface area contributed by atoms with Gasteiger partial charge in [0, 0.05) is 16.8 Å². The van der Waals surface area contributed by atoms with Crippen molar-refractivity contribution in [3.8, 4) is 22.8 Å². The number of hydrogen-bond acceptors (Lipinski definition) is 4. The molecule has 1 atom stereocenters. The lowest BCUT2D eigenvalue weighted by Gasteiger charge is -2.30. The van der Waals surface area contributed by atoms with E-state index in [0.29, 0.717) is 12.4 Å². The predicted octanol–water partition coefficient (Wildman–Crippen LogP) is 4.24. The van der Waals surface area contributed by atoms with E-state index in [4.69, 9.17) is 4.74 Å².